The molecular formula is C21H19NO8S. The van der Waals surface area contributed by atoms with Gasteiger partial charge in [-0.05, 0) is 37.6 Å². The Hall–Kier alpha value is -3.66. The summed E-state index contributed by atoms with van der Waals surface area (Å²) in [5.74, 6) is -1.63. The Morgan fingerprint density at radius 1 is 1.10 bits per heavy atom. The maximum atomic E-state index is 12.1. The Morgan fingerprint density at radius 3 is 2.58 bits per heavy atom. The molecule has 3 rings (SSSR count). The first-order chi connectivity index (χ1) is 14.8. The number of methoxy groups -OCH3 is 1. The minimum atomic E-state index is -0.767. The van der Waals surface area contributed by atoms with Gasteiger partial charge in [0.2, 0.25) is 0 Å². The largest absolute Gasteiger partial charge is 0.482 e. The Kier molecular flexibility index (Phi) is 6.71. The van der Waals surface area contributed by atoms with Crippen molar-refractivity contribution in [3.05, 3.63) is 56.8 Å². The van der Waals surface area contributed by atoms with Crippen LogP contribution in [0.3, 0.4) is 0 Å². The van der Waals surface area contributed by atoms with Crippen LogP contribution >= 0.6 is 11.3 Å². The molecule has 0 spiro atoms. The van der Waals surface area contributed by atoms with Crippen LogP contribution in [0.2, 0.25) is 0 Å². The molecule has 0 aliphatic rings. The quantitative estimate of drug-likeness (QED) is 0.435. The van der Waals surface area contributed by atoms with Gasteiger partial charge >= 0.3 is 17.6 Å². The van der Waals surface area contributed by atoms with Crippen LogP contribution in [0.1, 0.15) is 20.8 Å². The van der Waals surface area contributed by atoms with E-state index in [0.29, 0.717) is 27.3 Å². The van der Waals surface area contributed by atoms with Crippen LogP contribution in [0.25, 0.3) is 11.0 Å². The van der Waals surface area contributed by atoms with Crippen LogP contribution in [0.15, 0.2) is 39.5 Å². The van der Waals surface area contributed by atoms with Crippen molar-refractivity contribution in [2.75, 3.05) is 25.6 Å². The van der Waals surface area contributed by atoms with Crippen LogP contribution in [0.4, 0.5) is 5.00 Å². The summed E-state index contributed by atoms with van der Waals surface area (Å²) in [6.07, 6.45) is 0. The summed E-state index contributed by atoms with van der Waals surface area (Å²) < 4.78 is 20.0. The fourth-order valence-corrected chi connectivity index (χ4v) is 3.75. The lowest BCUT2D eigenvalue weighted by atomic mass is 10.1. The molecule has 1 aromatic carbocycles. The van der Waals surface area contributed by atoms with Crippen molar-refractivity contribution in [3.63, 3.8) is 0 Å². The van der Waals surface area contributed by atoms with Crippen molar-refractivity contribution in [2.45, 2.75) is 13.8 Å². The van der Waals surface area contributed by atoms with E-state index in [4.69, 9.17) is 18.6 Å². The summed E-state index contributed by atoms with van der Waals surface area (Å²) in [6, 6.07) is 7.68. The molecule has 0 unspecified atom stereocenters. The van der Waals surface area contributed by atoms with E-state index in [2.05, 4.69) is 5.32 Å². The Balaban J connectivity index is 1.53. The molecule has 1 amide bonds. The highest BCUT2D eigenvalue weighted by molar-refractivity contribution is 7.16. The number of thiophene rings is 1. The molecule has 0 saturated heterocycles. The topological polar surface area (TPSA) is 121 Å². The lowest BCUT2D eigenvalue weighted by Gasteiger charge is -2.08. The lowest BCUT2D eigenvalue weighted by molar-refractivity contribution is -0.149. The standard InChI is InChI=1S/C21H19NO8S/c1-11-12(2)31-20(19(11)21(26)27-3)22-16(23)9-29-18(25)10-28-14-6-4-13-5-7-17(24)30-15(13)8-14/h4-8H,9-10H2,1-3H3,(H,22,23). The lowest BCUT2D eigenvalue weighted by Crippen LogP contribution is -2.24. The van der Waals surface area contributed by atoms with E-state index in [1.54, 1.807) is 25.1 Å². The van der Waals surface area contributed by atoms with Crippen molar-refractivity contribution < 1.29 is 33.0 Å². The number of hydrogen-bond donors (Lipinski definition) is 1. The van der Waals surface area contributed by atoms with Gasteiger partial charge in [0, 0.05) is 22.4 Å². The third-order valence-electron chi connectivity index (χ3n) is 4.34. The van der Waals surface area contributed by atoms with Crippen molar-refractivity contribution in [3.8, 4) is 5.75 Å². The SMILES string of the molecule is COC(=O)c1c(NC(=O)COC(=O)COc2ccc3ccc(=O)oc3c2)sc(C)c1C. The van der Waals surface area contributed by atoms with Crippen molar-refractivity contribution in [2.24, 2.45) is 0 Å². The van der Waals surface area contributed by atoms with E-state index in [0.717, 1.165) is 4.88 Å². The molecular weight excluding hydrogens is 426 g/mol. The average Bonchev–Trinajstić information content (AvgIpc) is 3.02. The number of amides is 1. The Labute approximate surface area is 180 Å². The van der Waals surface area contributed by atoms with E-state index >= 15 is 0 Å². The zero-order valence-corrected chi connectivity index (χ0v) is 17.8. The number of fused-ring (bicyclic) bond motifs is 1. The van der Waals surface area contributed by atoms with E-state index in [1.807, 2.05) is 6.92 Å². The number of aryl methyl sites for hydroxylation is 1. The van der Waals surface area contributed by atoms with Gasteiger partial charge in [-0.2, -0.15) is 0 Å². The van der Waals surface area contributed by atoms with Gasteiger partial charge in [-0.25, -0.2) is 14.4 Å². The fraction of sp³-hybridized carbons (Fsp3) is 0.238. The van der Waals surface area contributed by atoms with Gasteiger partial charge in [0.15, 0.2) is 13.2 Å². The second kappa shape index (κ2) is 9.43. The third kappa shape index (κ3) is 5.28. The number of esters is 2. The molecule has 3 aromatic rings. The van der Waals surface area contributed by atoms with Crippen molar-refractivity contribution >= 4 is 45.2 Å². The molecule has 0 atom stereocenters. The normalized spacial score (nSPS) is 10.5. The molecule has 10 heteroatoms. The molecule has 9 nitrogen and oxygen atoms in total. The Bertz CT molecular complexity index is 1210. The number of carbonyl (C=O) groups is 3. The fourth-order valence-electron chi connectivity index (χ4n) is 2.69. The summed E-state index contributed by atoms with van der Waals surface area (Å²) in [7, 11) is 1.26. The maximum absolute atomic E-state index is 12.1. The minimum Gasteiger partial charge on any atom is -0.482 e. The molecule has 0 radical (unpaired) electrons. The van der Waals surface area contributed by atoms with E-state index in [-0.39, 0.29) is 5.56 Å². The number of hydrogen-bond acceptors (Lipinski definition) is 9. The van der Waals surface area contributed by atoms with Gasteiger partial charge in [-0.1, -0.05) is 0 Å². The third-order valence-corrected chi connectivity index (χ3v) is 5.47. The van der Waals surface area contributed by atoms with E-state index in [1.165, 1.54) is 30.6 Å². The highest BCUT2D eigenvalue weighted by Gasteiger charge is 2.22. The van der Waals surface area contributed by atoms with E-state index in [9.17, 15) is 19.2 Å². The zero-order chi connectivity index (χ0) is 22.5. The van der Waals surface area contributed by atoms with Crippen LogP contribution in [0, 0.1) is 13.8 Å². The van der Waals surface area contributed by atoms with Crippen LogP contribution < -0.4 is 15.7 Å². The van der Waals surface area contributed by atoms with Gasteiger partial charge in [0.1, 0.15) is 16.3 Å². The summed E-state index contributed by atoms with van der Waals surface area (Å²) in [6.45, 7) is 2.58. The Morgan fingerprint density at radius 2 is 1.84 bits per heavy atom. The predicted octanol–water partition coefficient (Wildman–Crippen LogP) is 2.82. The summed E-state index contributed by atoms with van der Waals surface area (Å²) >= 11 is 1.23. The van der Waals surface area contributed by atoms with Crippen LogP contribution in [0.5, 0.6) is 5.75 Å². The van der Waals surface area contributed by atoms with Crippen molar-refractivity contribution in [1.29, 1.82) is 0 Å². The maximum Gasteiger partial charge on any atom is 0.344 e. The monoisotopic (exact) mass is 445 g/mol. The molecule has 31 heavy (non-hydrogen) atoms. The van der Waals surface area contributed by atoms with Gasteiger partial charge in [-0.3, -0.25) is 4.79 Å². The number of carbonyl (C=O) groups excluding carboxylic acids is 3. The van der Waals surface area contributed by atoms with Gasteiger partial charge in [0.25, 0.3) is 5.91 Å². The number of nitrogens with one attached hydrogen (secondary N) is 1. The van der Waals surface area contributed by atoms with Crippen LogP contribution in [-0.4, -0.2) is 38.2 Å². The van der Waals surface area contributed by atoms with E-state index < -0.39 is 36.7 Å². The molecule has 2 aromatic heterocycles. The first-order valence-corrected chi connectivity index (χ1v) is 9.90. The average molecular weight is 445 g/mol. The molecule has 0 saturated carbocycles. The number of rotatable bonds is 7. The molecule has 0 bridgehead atoms. The molecule has 0 aliphatic carbocycles. The molecule has 0 aliphatic heterocycles. The second-order valence-corrected chi connectivity index (χ2v) is 7.66. The molecule has 1 N–H and O–H groups in total. The highest BCUT2D eigenvalue weighted by Crippen LogP contribution is 2.32. The van der Waals surface area contributed by atoms with Gasteiger partial charge in [-0.15, -0.1) is 11.3 Å². The van der Waals surface area contributed by atoms with Crippen molar-refractivity contribution in [1.82, 2.24) is 0 Å². The minimum absolute atomic E-state index is 0.274. The predicted molar refractivity (Wildman–Crippen MR) is 113 cm³/mol. The second-order valence-electron chi connectivity index (χ2n) is 6.43. The smallest absolute Gasteiger partial charge is 0.344 e. The summed E-state index contributed by atoms with van der Waals surface area (Å²) in [5.41, 5.74) is 0.807. The first kappa shape index (κ1) is 22.0. The summed E-state index contributed by atoms with van der Waals surface area (Å²) in [5, 5.41) is 3.60. The van der Waals surface area contributed by atoms with Gasteiger partial charge < -0.3 is 23.9 Å². The number of anilines is 1. The van der Waals surface area contributed by atoms with Gasteiger partial charge in [0.05, 0.1) is 12.7 Å². The molecule has 2 heterocycles. The zero-order valence-electron chi connectivity index (χ0n) is 17.0. The van der Waals surface area contributed by atoms with Crippen LogP contribution in [-0.2, 0) is 19.1 Å². The summed E-state index contributed by atoms with van der Waals surface area (Å²) in [4.78, 5) is 48.1. The number of ether oxygens (including phenoxy) is 3. The first-order valence-electron chi connectivity index (χ1n) is 9.09. The molecule has 0 fully saturated rings. The molecule has 162 valence electrons. The number of benzene rings is 1. The highest BCUT2D eigenvalue weighted by atomic mass is 32.1.